The van der Waals surface area contributed by atoms with Crippen LogP contribution in [0.3, 0.4) is 0 Å². The van der Waals surface area contributed by atoms with Crippen LogP contribution < -0.4 is 10.1 Å². The summed E-state index contributed by atoms with van der Waals surface area (Å²) in [6, 6.07) is 9.65. The quantitative estimate of drug-likeness (QED) is 0.863. The van der Waals surface area contributed by atoms with Crippen molar-refractivity contribution < 1.29 is 22.7 Å². The highest BCUT2D eigenvalue weighted by atomic mass is 19.4. The molecule has 26 heavy (non-hydrogen) atoms. The Bertz CT molecular complexity index is 853. The number of halogens is 3. The van der Waals surface area contributed by atoms with Crippen LogP contribution >= 0.6 is 0 Å². The Kier molecular flexibility index (Phi) is 4.21. The Morgan fingerprint density at radius 3 is 2.62 bits per heavy atom. The second kappa shape index (κ2) is 6.00. The van der Waals surface area contributed by atoms with Crippen LogP contribution in [0.4, 0.5) is 18.9 Å². The predicted molar refractivity (Wildman–Crippen MR) is 90.8 cm³/mol. The van der Waals surface area contributed by atoms with Crippen molar-refractivity contribution in [3.8, 4) is 5.75 Å². The second-order valence-electron chi connectivity index (χ2n) is 7.04. The average Bonchev–Trinajstić information content (AvgIpc) is 3.09. The van der Waals surface area contributed by atoms with Crippen molar-refractivity contribution in [3.05, 3.63) is 53.9 Å². The third-order valence-corrected chi connectivity index (χ3v) is 4.88. The number of pyridine rings is 1. The van der Waals surface area contributed by atoms with E-state index in [1.54, 1.807) is 6.92 Å². The van der Waals surface area contributed by atoms with Gasteiger partial charge in [0, 0.05) is 18.3 Å². The number of hydrogen-bond acceptors (Lipinski definition) is 3. The number of ether oxygens (including phenoxy) is 1. The molecule has 2 aromatic rings. The lowest BCUT2D eigenvalue weighted by Gasteiger charge is -2.21. The fraction of sp³-hybridized carbons (Fsp3) is 0.368. The van der Waals surface area contributed by atoms with Crippen molar-refractivity contribution >= 4 is 11.6 Å². The number of benzene rings is 1. The van der Waals surface area contributed by atoms with Crippen LogP contribution in [0.25, 0.3) is 0 Å². The van der Waals surface area contributed by atoms with E-state index >= 15 is 0 Å². The van der Waals surface area contributed by atoms with Gasteiger partial charge < -0.3 is 10.1 Å². The number of anilines is 1. The molecule has 138 valence electrons. The molecular formula is C19H19F3N2O2. The van der Waals surface area contributed by atoms with Crippen molar-refractivity contribution in [3.63, 3.8) is 0 Å². The summed E-state index contributed by atoms with van der Waals surface area (Å²) in [5.74, 6) is 0.277. The molecule has 2 unspecified atom stereocenters. The van der Waals surface area contributed by atoms with Gasteiger partial charge in [-0.1, -0.05) is 12.1 Å². The molecule has 1 heterocycles. The molecule has 0 bridgehead atoms. The number of nitrogens with zero attached hydrogens (tertiary/aromatic N) is 1. The zero-order chi connectivity index (χ0) is 19.2. The van der Waals surface area contributed by atoms with Crippen LogP contribution in [0.15, 0.2) is 42.6 Å². The number of aryl methyl sites for hydroxylation is 1. The fourth-order valence-electron chi connectivity index (χ4n) is 2.97. The summed E-state index contributed by atoms with van der Waals surface area (Å²) in [6.45, 7) is 5.50. The molecule has 1 amide bonds. The summed E-state index contributed by atoms with van der Waals surface area (Å²) in [4.78, 5) is 15.9. The minimum atomic E-state index is -4.56. The topological polar surface area (TPSA) is 51.2 Å². The third-order valence-electron chi connectivity index (χ3n) is 4.88. The molecule has 0 saturated heterocycles. The first-order valence-corrected chi connectivity index (χ1v) is 8.14. The Hall–Kier alpha value is -2.57. The Labute approximate surface area is 149 Å². The van der Waals surface area contributed by atoms with Crippen LogP contribution in [-0.2, 0) is 11.0 Å². The van der Waals surface area contributed by atoms with Crippen LogP contribution in [0.2, 0.25) is 0 Å². The normalized spacial score (nSPS) is 24.8. The van der Waals surface area contributed by atoms with Crippen LogP contribution in [-0.4, -0.2) is 16.5 Å². The number of nitrogens with one attached hydrogen (secondary N) is 1. The molecule has 0 aliphatic heterocycles. The van der Waals surface area contributed by atoms with Gasteiger partial charge in [-0.2, -0.15) is 13.2 Å². The minimum Gasteiger partial charge on any atom is -0.486 e. The molecule has 0 radical (unpaired) electrons. The van der Waals surface area contributed by atoms with Crippen molar-refractivity contribution in [2.24, 2.45) is 5.41 Å². The van der Waals surface area contributed by atoms with Gasteiger partial charge in [-0.05, 0) is 50.6 Å². The monoisotopic (exact) mass is 364 g/mol. The Balaban J connectivity index is 1.73. The van der Waals surface area contributed by atoms with Crippen LogP contribution in [0, 0.1) is 12.3 Å². The number of alkyl halides is 3. The number of aromatic nitrogens is 1. The van der Waals surface area contributed by atoms with Crippen molar-refractivity contribution in [1.29, 1.82) is 0 Å². The SMILES string of the molecule is Cc1cccc(OC2(C)CC2(C)C(=O)Nc2ccnc(C(F)(F)F)c2)c1. The van der Waals surface area contributed by atoms with Gasteiger partial charge in [0.1, 0.15) is 17.0 Å². The molecular weight excluding hydrogens is 345 g/mol. The lowest BCUT2D eigenvalue weighted by Crippen LogP contribution is -2.32. The van der Waals surface area contributed by atoms with Crippen molar-refractivity contribution in [1.82, 2.24) is 4.98 Å². The van der Waals surface area contributed by atoms with Crippen LogP contribution in [0.1, 0.15) is 31.5 Å². The van der Waals surface area contributed by atoms with E-state index < -0.39 is 22.9 Å². The van der Waals surface area contributed by atoms with Gasteiger partial charge in [-0.25, -0.2) is 0 Å². The van der Waals surface area contributed by atoms with Gasteiger partial charge in [0.15, 0.2) is 0 Å². The molecule has 1 saturated carbocycles. The number of hydrogen-bond donors (Lipinski definition) is 1. The van der Waals surface area contributed by atoms with E-state index in [2.05, 4.69) is 10.3 Å². The zero-order valence-corrected chi connectivity index (χ0v) is 14.6. The van der Waals surface area contributed by atoms with E-state index in [-0.39, 0.29) is 11.6 Å². The van der Waals surface area contributed by atoms with Gasteiger partial charge in [0.05, 0.1) is 5.41 Å². The first kappa shape index (κ1) is 18.2. The number of carbonyl (C=O) groups is 1. The predicted octanol–water partition coefficient (Wildman–Crippen LogP) is 4.60. The fourth-order valence-corrected chi connectivity index (χ4v) is 2.97. The molecule has 1 fully saturated rings. The molecule has 2 atom stereocenters. The molecule has 1 aromatic heterocycles. The van der Waals surface area contributed by atoms with Gasteiger partial charge in [-0.3, -0.25) is 9.78 Å². The van der Waals surface area contributed by atoms with Gasteiger partial charge in [0.25, 0.3) is 0 Å². The summed E-state index contributed by atoms with van der Waals surface area (Å²) in [7, 11) is 0. The summed E-state index contributed by atoms with van der Waals surface area (Å²) in [5, 5.41) is 2.55. The summed E-state index contributed by atoms with van der Waals surface area (Å²) in [5.41, 5.74) is -1.50. The summed E-state index contributed by atoms with van der Waals surface area (Å²) >= 11 is 0. The summed E-state index contributed by atoms with van der Waals surface area (Å²) in [6.07, 6.45) is -3.07. The van der Waals surface area contributed by atoms with E-state index in [1.807, 2.05) is 38.1 Å². The molecule has 7 heteroatoms. The number of carbonyl (C=O) groups excluding carboxylic acids is 1. The number of amides is 1. The first-order chi connectivity index (χ1) is 12.0. The highest BCUT2D eigenvalue weighted by Crippen LogP contribution is 2.58. The maximum atomic E-state index is 12.8. The maximum absolute atomic E-state index is 12.8. The molecule has 4 nitrogen and oxygen atoms in total. The lowest BCUT2D eigenvalue weighted by atomic mass is 10.0. The summed E-state index contributed by atoms with van der Waals surface area (Å²) < 4.78 is 44.3. The number of rotatable bonds is 4. The highest BCUT2D eigenvalue weighted by Gasteiger charge is 2.68. The Morgan fingerprint density at radius 1 is 1.23 bits per heavy atom. The Morgan fingerprint density at radius 2 is 1.96 bits per heavy atom. The highest BCUT2D eigenvalue weighted by molar-refractivity contribution is 5.98. The standard InChI is InChI=1S/C19H19F3N2O2/c1-12-5-4-6-14(9-12)26-18(3)11-17(18,2)16(25)24-13-7-8-23-15(10-13)19(20,21)22/h4-10H,11H2,1-3H3,(H,23,24,25). The van der Waals surface area contributed by atoms with E-state index in [4.69, 9.17) is 4.74 Å². The largest absolute Gasteiger partial charge is 0.486 e. The van der Waals surface area contributed by atoms with E-state index in [9.17, 15) is 18.0 Å². The van der Waals surface area contributed by atoms with E-state index in [0.29, 0.717) is 12.2 Å². The van der Waals surface area contributed by atoms with Gasteiger partial charge in [0.2, 0.25) is 5.91 Å². The molecule has 1 N–H and O–H groups in total. The van der Waals surface area contributed by atoms with Crippen molar-refractivity contribution in [2.45, 2.75) is 39.0 Å². The smallest absolute Gasteiger partial charge is 0.433 e. The molecule has 1 aliphatic rings. The van der Waals surface area contributed by atoms with E-state index in [0.717, 1.165) is 17.8 Å². The lowest BCUT2D eigenvalue weighted by molar-refractivity contribution is -0.141. The minimum absolute atomic E-state index is 0.0587. The van der Waals surface area contributed by atoms with Gasteiger partial charge in [-0.15, -0.1) is 0 Å². The first-order valence-electron chi connectivity index (χ1n) is 8.14. The molecule has 1 aliphatic carbocycles. The van der Waals surface area contributed by atoms with E-state index in [1.165, 1.54) is 6.07 Å². The third kappa shape index (κ3) is 3.38. The zero-order valence-electron chi connectivity index (χ0n) is 14.6. The molecule has 1 aromatic carbocycles. The molecule has 0 spiro atoms. The van der Waals surface area contributed by atoms with Crippen LogP contribution in [0.5, 0.6) is 5.75 Å². The molecule has 3 rings (SSSR count). The second-order valence-corrected chi connectivity index (χ2v) is 7.04. The van der Waals surface area contributed by atoms with Gasteiger partial charge >= 0.3 is 6.18 Å². The average molecular weight is 364 g/mol. The maximum Gasteiger partial charge on any atom is 0.433 e. The van der Waals surface area contributed by atoms with Crippen molar-refractivity contribution in [2.75, 3.05) is 5.32 Å².